The van der Waals surface area contributed by atoms with E-state index in [2.05, 4.69) is 0 Å². The van der Waals surface area contributed by atoms with Crippen LogP contribution in [0.3, 0.4) is 0 Å². The number of anilines is 1. The van der Waals surface area contributed by atoms with E-state index in [9.17, 15) is 9.59 Å². The summed E-state index contributed by atoms with van der Waals surface area (Å²) in [5, 5.41) is 0. The maximum Gasteiger partial charge on any atom is 0.314 e. The largest absolute Gasteiger partial charge is 0.426 e. The Labute approximate surface area is 112 Å². The summed E-state index contributed by atoms with van der Waals surface area (Å²) in [5.41, 5.74) is 0.877. The molecule has 1 aromatic rings. The lowest BCUT2D eigenvalue weighted by Gasteiger charge is -2.15. The molecule has 4 heteroatoms. The second-order valence-electron chi connectivity index (χ2n) is 5.38. The lowest BCUT2D eigenvalue weighted by Crippen LogP contribution is -2.23. The standard InChI is InChI=1S/C15H17NO3/c1-10-9-13(10)15(18)19-12-6-4-11(5-7-12)16-8-2-3-14(16)17/h4-7,10,13H,2-3,8-9H2,1H3. The Morgan fingerprint density at radius 1 is 1.32 bits per heavy atom. The van der Waals surface area contributed by atoms with Gasteiger partial charge in [0, 0.05) is 18.7 Å². The number of nitrogens with zero attached hydrogens (tertiary/aromatic N) is 1. The number of carbonyl (C=O) groups is 2. The molecular weight excluding hydrogens is 242 g/mol. The molecule has 100 valence electrons. The van der Waals surface area contributed by atoms with Gasteiger partial charge < -0.3 is 9.64 Å². The quantitative estimate of drug-likeness (QED) is 0.618. The van der Waals surface area contributed by atoms with Crippen molar-refractivity contribution in [2.45, 2.75) is 26.2 Å². The molecule has 4 nitrogen and oxygen atoms in total. The van der Waals surface area contributed by atoms with E-state index >= 15 is 0 Å². The Morgan fingerprint density at radius 2 is 2.00 bits per heavy atom. The first kappa shape index (κ1) is 12.2. The normalized spacial score (nSPS) is 25.5. The van der Waals surface area contributed by atoms with Crippen LogP contribution in [0.25, 0.3) is 0 Å². The van der Waals surface area contributed by atoms with Gasteiger partial charge in [-0.2, -0.15) is 0 Å². The Kier molecular flexibility index (Phi) is 3.01. The van der Waals surface area contributed by atoms with E-state index in [-0.39, 0.29) is 17.8 Å². The number of benzene rings is 1. The van der Waals surface area contributed by atoms with Crippen molar-refractivity contribution in [2.75, 3.05) is 11.4 Å². The van der Waals surface area contributed by atoms with Gasteiger partial charge in [0.2, 0.25) is 5.91 Å². The molecule has 0 N–H and O–H groups in total. The summed E-state index contributed by atoms with van der Waals surface area (Å²) in [6.07, 6.45) is 2.46. The highest BCUT2D eigenvalue weighted by molar-refractivity contribution is 5.95. The van der Waals surface area contributed by atoms with Crippen LogP contribution in [-0.2, 0) is 9.59 Å². The summed E-state index contributed by atoms with van der Waals surface area (Å²) in [6.45, 7) is 2.82. The average molecular weight is 259 g/mol. The monoisotopic (exact) mass is 259 g/mol. The van der Waals surface area contributed by atoms with Crippen LogP contribution in [0.4, 0.5) is 5.69 Å². The molecule has 0 bridgehead atoms. The lowest BCUT2D eigenvalue weighted by atomic mass is 10.2. The third kappa shape index (κ3) is 2.48. The maximum absolute atomic E-state index is 11.7. The molecule has 3 rings (SSSR count). The third-order valence-electron chi connectivity index (χ3n) is 3.85. The first-order valence-electron chi connectivity index (χ1n) is 6.77. The van der Waals surface area contributed by atoms with Gasteiger partial charge in [-0.05, 0) is 43.0 Å². The predicted octanol–water partition coefficient (Wildman–Crippen LogP) is 2.37. The van der Waals surface area contributed by atoms with E-state index in [1.54, 1.807) is 17.0 Å². The highest BCUT2D eigenvalue weighted by Gasteiger charge is 2.40. The zero-order valence-corrected chi connectivity index (χ0v) is 11.0. The summed E-state index contributed by atoms with van der Waals surface area (Å²) in [5.74, 6) is 1.10. The summed E-state index contributed by atoms with van der Waals surface area (Å²) in [6, 6.07) is 7.18. The summed E-state index contributed by atoms with van der Waals surface area (Å²) < 4.78 is 5.31. The zero-order chi connectivity index (χ0) is 13.4. The van der Waals surface area contributed by atoms with Crippen molar-refractivity contribution < 1.29 is 14.3 Å². The van der Waals surface area contributed by atoms with Gasteiger partial charge in [-0.25, -0.2) is 0 Å². The minimum Gasteiger partial charge on any atom is -0.426 e. The minimum atomic E-state index is -0.141. The lowest BCUT2D eigenvalue weighted by molar-refractivity contribution is -0.136. The van der Waals surface area contributed by atoms with Crippen molar-refractivity contribution in [3.8, 4) is 5.75 Å². The van der Waals surface area contributed by atoms with Crippen LogP contribution < -0.4 is 9.64 Å². The van der Waals surface area contributed by atoms with Crippen molar-refractivity contribution in [3.63, 3.8) is 0 Å². The molecule has 1 saturated heterocycles. The van der Waals surface area contributed by atoms with Crippen LogP contribution in [0.1, 0.15) is 26.2 Å². The number of carbonyl (C=O) groups excluding carboxylic acids is 2. The molecule has 1 saturated carbocycles. The molecule has 0 aromatic heterocycles. The van der Waals surface area contributed by atoms with Crippen LogP contribution in [-0.4, -0.2) is 18.4 Å². The van der Waals surface area contributed by atoms with Crippen LogP contribution in [0, 0.1) is 11.8 Å². The Hall–Kier alpha value is -1.84. The molecular formula is C15H17NO3. The van der Waals surface area contributed by atoms with Crippen LogP contribution in [0.15, 0.2) is 24.3 Å². The molecule has 2 aliphatic rings. The molecule has 2 unspecified atom stereocenters. The number of hydrogen-bond donors (Lipinski definition) is 0. The maximum atomic E-state index is 11.7. The molecule has 2 fully saturated rings. The predicted molar refractivity (Wildman–Crippen MR) is 70.9 cm³/mol. The van der Waals surface area contributed by atoms with Gasteiger partial charge in [0.15, 0.2) is 0 Å². The van der Waals surface area contributed by atoms with E-state index in [1.807, 2.05) is 19.1 Å². The average Bonchev–Trinajstić information content (AvgIpc) is 2.98. The molecule has 1 aliphatic heterocycles. The topological polar surface area (TPSA) is 46.6 Å². The molecule has 2 atom stereocenters. The van der Waals surface area contributed by atoms with Gasteiger partial charge in [-0.1, -0.05) is 6.92 Å². The van der Waals surface area contributed by atoms with Crippen LogP contribution in [0.5, 0.6) is 5.75 Å². The molecule has 1 heterocycles. The van der Waals surface area contributed by atoms with Crippen LogP contribution in [0.2, 0.25) is 0 Å². The number of amides is 1. The van der Waals surface area contributed by atoms with Crippen molar-refractivity contribution in [3.05, 3.63) is 24.3 Å². The summed E-state index contributed by atoms with van der Waals surface area (Å²) in [7, 11) is 0. The minimum absolute atomic E-state index is 0.0693. The highest BCUT2D eigenvalue weighted by Crippen LogP contribution is 2.38. The number of rotatable bonds is 3. The Bertz CT molecular complexity index is 509. The second kappa shape index (κ2) is 4.68. The van der Waals surface area contributed by atoms with Crippen molar-refractivity contribution in [2.24, 2.45) is 11.8 Å². The fraction of sp³-hybridized carbons (Fsp3) is 0.467. The van der Waals surface area contributed by atoms with Gasteiger partial charge in [-0.3, -0.25) is 9.59 Å². The Balaban J connectivity index is 1.65. The van der Waals surface area contributed by atoms with Crippen molar-refractivity contribution in [1.82, 2.24) is 0 Å². The van der Waals surface area contributed by atoms with Gasteiger partial charge in [-0.15, -0.1) is 0 Å². The highest BCUT2D eigenvalue weighted by atomic mass is 16.5. The first-order chi connectivity index (χ1) is 9.15. The molecule has 1 aromatic carbocycles. The van der Waals surface area contributed by atoms with Gasteiger partial charge in [0.05, 0.1) is 5.92 Å². The summed E-state index contributed by atoms with van der Waals surface area (Å²) >= 11 is 0. The third-order valence-corrected chi connectivity index (χ3v) is 3.85. The Morgan fingerprint density at radius 3 is 2.53 bits per heavy atom. The first-order valence-corrected chi connectivity index (χ1v) is 6.77. The van der Waals surface area contributed by atoms with E-state index in [1.165, 1.54) is 0 Å². The van der Waals surface area contributed by atoms with Crippen molar-refractivity contribution >= 4 is 17.6 Å². The van der Waals surface area contributed by atoms with E-state index in [0.717, 1.165) is 25.1 Å². The number of hydrogen-bond acceptors (Lipinski definition) is 3. The molecule has 0 radical (unpaired) electrons. The molecule has 1 aliphatic carbocycles. The number of ether oxygens (including phenoxy) is 1. The van der Waals surface area contributed by atoms with Gasteiger partial charge in [0.1, 0.15) is 5.75 Å². The molecule has 0 spiro atoms. The van der Waals surface area contributed by atoms with E-state index < -0.39 is 0 Å². The smallest absolute Gasteiger partial charge is 0.314 e. The van der Waals surface area contributed by atoms with Crippen LogP contribution >= 0.6 is 0 Å². The SMILES string of the molecule is CC1CC1C(=O)Oc1ccc(N2CCCC2=O)cc1. The second-order valence-corrected chi connectivity index (χ2v) is 5.38. The van der Waals surface area contributed by atoms with Gasteiger partial charge >= 0.3 is 5.97 Å². The molecule has 19 heavy (non-hydrogen) atoms. The summed E-state index contributed by atoms with van der Waals surface area (Å²) in [4.78, 5) is 25.1. The number of esters is 1. The van der Waals surface area contributed by atoms with E-state index in [4.69, 9.17) is 4.74 Å². The van der Waals surface area contributed by atoms with Gasteiger partial charge in [0.25, 0.3) is 0 Å². The molecule has 1 amide bonds. The zero-order valence-electron chi connectivity index (χ0n) is 11.0. The van der Waals surface area contributed by atoms with E-state index in [0.29, 0.717) is 18.1 Å². The van der Waals surface area contributed by atoms with Crippen molar-refractivity contribution in [1.29, 1.82) is 0 Å². The fourth-order valence-corrected chi connectivity index (χ4v) is 2.46. The fourth-order valence-electron chi connectivity index (χ4n) is 2.46.